The fraction of sp³-hybridized carbons (Fsp3) is 0.812. The first kappa shape index (κ1) is 16.1. The van der Waals surface area contributed by atoms with Gasteiger partial charge in [-0.05, 0) is 53.4 Å². The summed E-state index contributed by atoms with van der Waals surface area (Å²) in [5.41, 5.74) is 0.210. The standard InChI is InChI=1S/C16H27FN2O2/c1-11(17)12(2)18-9-13-7-6-8-19(14(13)10-18)15(20)21-16(3,4)5/h13-14H,6-10H2,1-5H3. The fourth-order valence-corrected chi connectivity index (χ4v) is 3.22. The molecule has 0 aromatic heterocycles. The van der Waals surface area contributed by atoms with Crippen LogP contribution in [-0.4, -0.2) is 47.2 Å². The lowest BCUT2D eigenvalue weighted by molar-refractivity contribution is 0.00633. The summed E-state index contributed by atoms with van der Waals surface area (Å²) in [5, 5.41) is 0. The Bertz CT molecular complexity index is 438. The van der Waals surface area contributed by atoms with E-state index < -0.39 is 5.60 Å². The summed E-state index contributed by atoms with van der Waals surface area (Å²) in [5.74, 6) is 0.276. The zero-order chi connectivity index (χ0) is 15.8. The summed E-state index contributed by atoms with van der Waals surface area (Å²) in [7, 11) is 0. The summed E-state index contributed by atoms with van der Waals surface area (Å²) in [4.78, 5) is 16.3. The normalized spacial score (nSPS) is 27.3. The number of amides is 1. The van der Waals surface area contributed by atoms with Crippen LogP contribution in [0.3, 0.4) is 0 Å². The summed E-state index contributed by atoms with van der Waals surface area (Å²) in [6.45, 7) is 11.2. The van der Waals surface area contributed by atoms with Crippen LogP contribution in [0.5, 0.6) is 0 Å². The molecule has 2 aliphatic heterocycles. The number of hydrogen-bond donors (Lipinski definition) is 0. The third-order valence-corrected chi connectivity index (χ3v) is 4.38. The van der Waals surface area contributed by atoms with Crippen molar-refractivity contribution in [1.29, 1.82) is 0 Å². The molecule has 2 unspecified atom stereocenters. The number of piperidine rings is 1. The Kier molecular flexibility index (Phi) is 4.49. The van der Waals surface area contributed by atoms with Gasteiger partial charge in [0.25, 0.3) is 0 Å². The first-order valence-electron chi connectivity index (χ1n) is 7.76. The largest absolute Gasteiger partial charge is 0.444 e. The number of rotatable bonds is 1. The first-order chi connectivity index (χ1) is 9.69. The van der Waals surface area contributed by atoms with Crippen LogP contribution in [0.4, 0.5) is 9.18 Å². The second-order valence-electron chi connectivity index (χ2n) is 7.17. The fourth-order valence-electron chi connectivity index (χ4n) is 3.22. The van der Waals surface area contributed by atoms with Crippen molar-refractivity contribution in [2.45, 2.75) is 59.1 Å². The van der Waals surface area contributed by atoms with E-state index in [1.165, 1.54) is 6.92 Å². The van der Waals surface area contributed by atoms with Crippen LogP contribution in [0.25, 0.3) is 0 Å². The van der Waals surface area contributed by atoms with Gasteiger partial charge in [-0.1, -0.05) is 0 Å². The first-order valence-corrected chi connectivity index (χ1v) is 7.76. The molecule has 0 radical (unpaired) electrons. The molecule has 120 valence electrons. The number of carbonyl (C=O) groups excluding carboxylic acids is 1. The van der Waals surface area contributed by atoms with E-state index in [0.29, 0.717) is 18.2 Å². The highest BCUT2D eigenvalue weighted by Gasteiger charge is 2.42. The van der Waals surface area contributed by atoms with Crippen LogP contribution < -0.4 is 0 Å². The van der Waals surface area contributed by atoms with Crippen molar-refractivity contribution in [3.05, 3.63) is 11.5 Å². The Morgan fingerprint density at radius 2 is 1.90 bits per heavy atom. The Labute approximate surface area is 126 Å². The van der Waals surface area contributed by atoms with Gasteiger partial charge >= 0.3 is 6.09 Å². The average Bonchev–Trinajstić information content (AvgIpc) is 2.78. The van der Waals surface area contributed by atoms with Crippen molar-refractivity contribution in [2.75, 3.05) is 19.6 Å². The van der Waals surface area contributed by atoms with Crippen molar-refractivity contribution < 1.29 is 13.9 Å². The van der Waals surface area contributed by atoms with Gasteiger partial charge < -0.3 is 14.5 Å². The van der Waals surface area contributed by atoms with Crippen molar-refractivity contribution in [2.24, 2.45) is 5.92 Å². The lowest BCUT2D eigenvalue weighted by Gasteiger charge is -2.37. The number of nitrogens with zero attached hydrogens (tertiary/aromatic N) is 2. The predicted molar refractivity (Wildman–Crippen MR) is 80.5 cm³/mol. The molecule has 4 nitrogen and oxygen atoms in total. The SMILES string of the molecule is CC(F)=C(C)N1CC2CCCN(C(=O)OC(C)(C)C)C2C1. The van der Waals surface area contributed by atoms with Gasteiger partial charge in [-0.25, -0.2) is 9.18 Å². The number of allylic oxidation sites excluding steroid dienone is 2. The summed E-state index contributed by atoms with van der Waals surface area (Å²) < 4.78 is 18.9. The lowest BCUT2D eigenvalue weighted by Crippen LogP contribution is -2.50. The molecule has 0 spiro atoms. The van der Waals surface area contributed by atoms with E-state index in [4.69, 9.17) is 4.74 Å². The highest BCUT2D eigenvalue weighted by Crippen LogP contribution is 2.33. The zero-order valence-electron chi connectivity index (χ0n) is 13.8. The van der Waals surface area contributed by atoms with Crippen LogP contribution in [0.2, 0.25) is 0 Å². The minimum atomic E-state index is -0.479. The van der Waals surface area contributed by atoms with E-state index in [1.807, 2.05) is 32.6 Å². The molecule has 1 amide bonds. The van der Waals surface area contributed by atoms with Gasteiger partial charge in [-0.15, -0.1) is 0 Å². The molecule has 21 heavy (non-hydrogen) atoms. The molecule has 0 aromatic carbocycles. The van der Waals surface area contributed by atoms with Gasteiger partial charge in [0, 0.05) is 25.3 Å². The van der Waals surface area contributed by atoms with E-state index in [-0.39, 0.29) is 18.0 Å². The van der Waals surface area contributed by atoms with Gasteiger partial charge in [0.05, 0.1) is 6.04 Å². The van der Waals surface area contributed by atoms with Gasteiger partial charge in [-0.2, -0.15) is 0 Å². The quantitative estimate of drug-likeness (QED) is 0.742. The Morgan fingerprint density at radius 1 is 1.24 bits per heavy atom. The molecule has 0 saturated carbocycles. The van der Waals surface area contributed by atoms with E-state index in [0.717, 1.165) is 25.9 Å². The van der Waals surface area contributed by atoms with Gasteiger partial charge in [-0.3, -0.25) is 0 Å². The van der Waals surface area contributed by atoms with Gasteiger partial charge in [0.2, 0.25) is 0 Å². The molecule has 2 aliphatic rings. The second kappa shape index (κ2) is 5.85. The van der Waals surface area contributed by atoms with Crippen molar-refractivity contribution >= 4 is 6.09 Å². The number of carbonyl (C=O) groups is 1. The molecule has 0 aliphatic carbocycles. The molecule has 0 bridgehead atoms. The Morgan fingerprint density at radius 3 is 2.48 bits per heavy atom. The van der Waals surface area contributed by atoms with Gasteiger partial charge in [0.15, 0.2) is 0 Å². The molecular weight excluding hydrogens is 271 g/mol. The van der Waals surface area contributed by atoms with Crippen molar-refractivity contribution in [3.63, 3.8) is 0 Å². The van der Waals surface area contributed by atoms with Crippen LogP contribution in [0.15, 0.2) is 11.5 Å². The van der Waals surface area contributed by atoms with E-state index in [2.05, 4.69) is 4.90 Å². The molecule has 0 N–H and O–H groups in total. The van der Waals surface area contributed by atoms with Crippen LogP contribution >= 0.6 is 0 Å². The highest BCUT2D eigenvalue weighted by molar-refractivity contribution is 5.69. The van der Waals surface area contributed by atoms with Crippen LogP contribution in [0, 0.1) is 5.92 Å². The summed E-state index contributed by atoms with van der Waals surface area (Å²) in [6.07, 6.45) is 1.85. The molecule has 2 heterocycles. The monoisotopic (exact) mass is 298 g/mol. The number of halogens is 1. The third kappa shape index (κ3) is 3.69. The molecule has 0 aromatic rings. The molecule has 2 atom stereocenters. The Hall–Kier alpha value is -1.26. The second-order valence-corrected chi connectivity index (χ2v) is 7.17. The summed E-state index contributed by atoms with van der Waals surface area (Å²) >= 11 is 0. The average molecular weight is 298 g/mol. The molecule has 2 fully saturated rings. The number of ether oxygens (including phenoxy) is 1. The zero-order valence-corrected chi connectivity index (χ0v) is 13.8. The van der Waals surface area contributed by atoms with E-state index in [1.54, 1.807) is 0 Å². The topological polar surface area (TPSA) is 32.8 Å². The van der Waals surface area contributed by atoms with E-state index in [9.17, 15) is 9.18 Å². The molecule has 2 saturated heterocycles. The molecular formula is C16H27FN2O2. The maximum Gasteiger partial charge on any atom is 0.410 e. The molecule has 5 heteroatoms. The minimum Gasteiger partial charge on any atom is -0.444 e. The molecule has 2 rings (SSSR count). The number of likely N-dealkylation sites (tertiary alicyclic amines) is 2. The Balaban J connectivity index is 2.09. The third-order valence-electron chi connectivity index (χ3n) is 4.38. The van der Waals surface area contributed by atoms with E-state index >= 15 is 0 Å². The highest BCUT2D eigenvalue weighted by atomic mass is 19.1. The smallest absolute Gasteiger partial charge is 0.410 e. The van der Waals surface area contributed by atoms with Crippen LogP contribution in [-0.2, 0) is 4.74 Å². The number of hydrogen-bond acceptors (Lipinski definition) is 3. The van der Waals surface area contributed by atoms with Gasteiger partial charge in [0.1, 0.15) is 11.4 Å². The maximum atomic E-state index is 13.4. The minimum absolute atomic E-state index is 0.141. The summed E-state index contributed by atoms with van der Waals surface area (Å²) in [6, 6.07) is 0.142. The van der Waals surface area contributed by atoms with Crippen LogP contribution in [0.1, 0.15) is 47.5 Å². The number of fused-ring (bicyclic) bond motifs is 1. The lowest BCUT2D eigenvalue weighted by atomic mass is 9.92. The predicted octanol–water partition coefficient (Wildman–Crippen LogP) is 3.54. The van der Waals surface area contributed by atoms with Crippen molar-refractivity contribution in [1.82, 2.24) is 9.80 Å². The maximum absolute atomic E-state index is 13.4. The van der Waals surface area contributed by atoms with Crippen molar-refractivity contribution in [3.8, 4) is 0 Å².